The third kappa shape index (κ3) is 4.89. The van der Waals surface area contributed by atoms with E-state index in [1.807, 2.05) is 29.2 Å². The minimum absolute atomic E-state index is 0.222. The quantitative estimate of drug-likeness (QED) is 0.634. The SMILES string of the molecule is Nc1ccc(CCC(=O)N2CCN(C(c3ccccc3)c3ccccc3)CC2)cc1. The van der Waals surface area contributed by atoms with Crippen molar-refractivity contribution >= 4 is 11.6 Å². The molecule has 154 valence electrons. The van der Waals surface area contributed by atoms with Crippen LogP contribution < -0.4 is 5.73 Å². The monoisotopic (exact) mass is 399 g/mol. The molecule has 1 aliphatic rings. The molecule has 1 heterocycles. The van der Waals surface area contributed by atoms with Gasteiger partial charge in [-0.3, -0.25) is 9.69 Å². The summed E-state index contributed by atoms with van der Waals surface area (Å²) in [5, 5.41) is 0. The molecule has 4 nitrogen and oxygen atoms in total. The Labute approximate surface area is 178 Å². The minimum Gasteiger partial charge on any atom is -0.399 e. The molecule has 1 fully saturated rings. The molecular formula is C26H29N3O. The Bertz CT molecular complexity index is 894. The number of anilines is 1. The molecular weight excluding hydrogens is 370 g/mol. The molecule has 3 aromatic rings. The number of amides is 1. The second-order valence-corrected chi connectivity index (χ2v) is 7.88. The summed E-state index contributed by atoms with van der Waals surface area (Å²) in [6, 6.07) is 29.3. The van der Waals surface area contributed by atoms with Crippen molar-refractivity contribution in [3.8, 4) is 0 Å². The number of nitrogen functional groups attached to an aromatic ring is 1. The van der Waals surface area contributed by atoms with E-state index in [-0.39, 0.29) is 11.9 Å². The Morgan fingerprint density at radius 1 is 0.767 bits per heavy atom. The van der Waals surface area contributed by atoms with Gasteiger partial charge in [0, 0.05) is 38.3 Å². The van der Waals surface area contributed by atoms with E-state index in [0.717, 1.165) is 43.9 Å². The van der Waals surface area contributed by atoms with E-state index < -0.39 is 0 Å². The smallest absolute Gasteiger partial charge is 0.222 e. The number of nitrogens with zero attached hydrogens (tertiary/aromatic N) is 2. The molecule has 0 unspecified atom stereocenters. The predicted octanol–water partition coefficient (Wildman–Crippen LogP) is 4.14. The average molecular weight is 400 g/mol. The highest BCUT2D eigenvalue weighted by molar-refractivity contribution is 5.76. The lowest BCUT2D eigenvalue weighted by Crippen LogP contribution is -2.49. The minimum atomic E-state index is 0.222. The van der Waals surface area contributed by atoms with Crippen LogP contribution in [0.4, 0.5) is 5.69 Å². The van der Waals surface area contributed by atoms with Gasteiger partial charge in [-0.2, -0.15) is 0 Å². The highest BCUT2D eigenvalue weighted by Crippen LogP contribution is 2.29. The summed E-state index contributed by atoms with van der Waals surface area (Å²) in [6.45, 7) is 3.30. The first-order valence-electron chi connectivity index (χ1n) is 10.7. The zero-order chi connectivity index (χ0) is 20.8. The van der Waals surface area contributed by atoms with Crippen LogP contribution in [0.1, 0.15) is 29.2 Å². The van der Waals surface area contributed by atoms with Gasteiger partial charge in [-0.1, -0.05) is 72.8 Å². The van der Waals surface area contributed by atoms with Crippen molar-refractivity contribution in [3.05, 3.63) is 102 Å². The van der Waals surface area contributed by atoms with Crippen LogP contribution in [0.3, 0.4) is 0 Å². The molecule has 30 heavy (non-hydrogen) atoms. The van der Waals surface area contributed by atoms with Gasteiger partial charge in [0.2, 0.25) is 5.91 Å². The van der Waals surface area contributed by atoms with Crippen molar-refractivity contribution in [2.24, 2.45) is 0 Å². The molecule has 4 heteroatoms. The molecule has 4 rings (SSSR count). The van der Waals surface area contributed by atoms with E-state index in [1.165, 1.54) is 11.1 Å². The summed E-state index contributed by atoms with van der Waals surface area (Å²) in [5.74, 6) is 0.238. The van der Waals surface area contributed by atoms with Gasteiger partial charge in [-0.15, -0.1) is 0 Å². The summed E-state index contributed by atoms with van der Waals surface area (Å²) < 4.78 is 0. The molecule has 1 amide bonds. The molecule has 0 bridgehead atoms. The lowest BCUT2D eigenvalue weighted by atomic mass is 9.96. The van der Waals surface area contributed by atoms with Gasteiger partial charge in [0.1, 0.15) is 0 Å². The van der Waals surface area contributed by atoms with Gasteiger partial charge in [0.05, 0.1) is 6.04 Å². The topological polar surface area (TPSA) is 49.6 Å². The molecule has 0 aromatic heterocycles. The molecule has 0 atom stereocenters. The van der Waals surface area contributed by atoms with Crippen molar-refractivity contribution in [1.29, 1.82) is 0 Å². The second-order valence-electron chi connectivity index (χ2n) is 7.88. The summed E-state index contributed by atoms with van der Waals surface area (Å²) in [7, 11) is 0. The van der Waals surface area contributed by atoms with E-state index in [2.05, 4.69) is 65.6 Å². The first-order valence-corrected chi connectivity index (χ1v) is 10.7. The Morgan fingerprint density at radius 2 is 1.30 bits per heavy atom. The maximum atomic E-state index is 12.7. The molecule has 2 N–H and O–H groups in total. The first-order chi connectivity index (χ1) is 14.7. The standard InChI is InChI=1S/C26H29N3O/c27-24-14-11-21(12-15-24)13-16-25(30)28-17-19-29(20-18-28)26(22-7-3-1-4-8-22)23-9-5-2-6-10-23/h1-12,14-15,26H,13,16-20,27H2. The lowest BCUT2D eigenvalue weighted by Gasteiger charge is -2.40. The average Bonchev–Trinajstić information content (AvgIpc) is 2.81. The van der Waals surface area contributed by atoms with Crippen LogP contribution in [-0.2, 0) is 11.2 Å². The number of benzene rings is 3. The normalized spacial score (nSPS) is 14.8. The summed E-state index contributed by atoms with van der Waals surface area (Å²) in [5.41, 5.74) is 10.3. The number of rotatable bonds is 6. The van der Waals surface area contributed by atoms with Crippen LogP contribution in [0.15, 0.2) is 84.9 Å². The number of carbonyl (C=O) groups is 1. The summed E-state index contributed by atoms with van der Waals surface area (Å²) in [4.78, 5) is 17.2. The van der Waals surface area contributed by atoms with Crippen LogP contribution >= 0.6 is 0 Å². The zero-order valence-electron chi connectivity index (χ0n) is 17.3. The number of aryl methyl sites for hydroxylation is 1. The molecule has 1 aliphatic heterocycles. The van der Waals surface area contributed by atoms with E-state index in [9.17, 15) is 4.79 Å². The molecule has 0 spiro atoms. The second kappa shape index (κ2) is 9.59. The largest absolute Gasteiger partial charge is 0.399 e. The van der Waals surface area contributed by atoms with E-state index in [1.54, 1.807) is 0 Å². The Morgan fingerprint density at radius 3 is 1.83 bits per heavy atom. The Kier molecular flexibility index (Phi) is 6.45. The van der Waals surface area contributed by atoms with Crippen LogP contribution in [0, 0.1) is 0 Å². The lowest BCUT2D eigenvalue weighted by molar-refractivity contribution is -0.133. The van der Waals surface area contributed by atoms with Crippen LogP contribution in [0.5, 0.6) is 0 Å². The molecule has 3 aromatic carbocycles. The zero-order valence-corrected chi connectivity index (χ0v) is 17.3. The number of carbonyl (C=O) groups excluding carboxylic acids is 1. The fourth-order valence-electron chi connectivity index (χ4n) is 4.21. The van der Waals surface area contributed by atoms with Gasteiger partial charge in [0.25, 0.3) is 0 Å². The van der Waals surface area contributed by atoms with Crippen molar-refractivity contribution in [1.82, 2.24) is 9.80 Å². The fraction of sp³-hybridized carbons (Fsp3) is 0.269. The van der Waals surface area contributed by atoms with Crippen molar-refractivity contribution in [2.45, 2.75) is 18.9 Å². The van der Waals surface area contributed by atoms with Gasteiger partial charge in [-0.25, -0.2) is 0 Å². The summed E-state index contributed by atoms with van der Waals surface area (Å²) >= 11 is 0. The Balaban J connectivity index is 1.38. The number of nitrogens with two attached hydrogens (primary N) is 1. The maximum absolute atomic E-state index is 12.7. The highest BCUT2D eigenvalue weighted by atomic mass is 16.2. The predicted molar refractivity (Wildman–Crippen MR) is 122 cm³/mol. The third-order valence-electron chi connectivity index (χ3n) is 5.87. The van der Waals surface area contributed by atoms with Crippen LogP contribution in [0.25, 0.3) is 0 Å². The number of hydrogen-bond acceptors (Lipinski definition) is 3. The fourth-order valence-corrected chi connectivity index (χ4v) is 4.21. The van der Waals surface area contributed by atoms with Crippen molar-refractivity contribution in [3.63, 3.8) is 0 Å². The summed E-state index contributed by atoms with van der Waals surface area (Å²) in [6.07, 6.45) is 1.31. The van der Waals surface area contributed by atoms with Gasteiger partial charge in [0.15, 0.2) is 0 Å². The van der Waals surface area contributed by atoms with Gasteiger partial charge in [-0.05, 0) is 35.2 Å². The molecule has 1 saturated heterocycles. The van der Waals surface area contributed by atoms with E-state index in [0.29, 0.717) is 6.42 Å². The highest BCUT2D eigenvalue weighted by Gasteiger charge is 2.27. The molecule has 0 saturated carbocycles. The van der Waals surface area contributed by atoms with Crippen LogP contribution in [-0.4, -0.2) is 41.9 Å². The molecule has 0 radical (unpaired) electrons. The maximum Gasteiger partial charge on any atom is 0.222 e. The first kappa shape index (κ1) is 20.2. The number of piperazine rings is 1. The Hall–Kier alpha value is -3.11. The van der Waals surface area contributed by atoms with Gasteiger partial charge < -0.3 is 10.6 Å². The third-order valence-corrected chi connectivity index (χ3v) is 5.87. The van der Waals surface area contributed by atoms with Crippen molar-refractivity contribution in [2.75, 3.05) is 31.9 Å². The van der Waals surface area contributed by atoms with Crippen LogP contribution in [0.2, 0.25) is 0 Å². The van der Waals surface area contributed by atoms with E-state index >= 15 is 0 Å². The molecule has 0 aliphatic carbocycles. The number of hydrogen-bond donors (Lipinski definition) is 1. The van der Waals surface area contributed by atoms with Crippen molar-refractivity contribution < 1.29 is 4.79 Å². The van der Waals surface area contributed by atoms with Gasteiger partial charge >= 0.3 is 0 Å². The van der Waals surface area contributed by atoms with E-state index in [4.69, 9.17) is 5.73 Å².